The molecule has 0 unspecified atom stereocenters. The van der Waals surface area contributed by atoms with Gasteiger partial charge in [0.2, 0.25) is 0 Å². The van der Waals surface area contributed by atoms with Gasteiger partial charge in [0.25, 0.3) is 5.91 Å². The van der Waals surface area contributed by atoms with Crippen molar-refractivity contribution in [1.82, 2.24) is 4.98 Å². The number of carboxylic acid groups (broad SMARTS) is 1. The number of halogens is 1. The lowest BCUT2D eigenvalue weighted by atomic mass is 10.1. The van der Waals surface area contributed by atoms with Crippen molar-refractivity contribution in [3.05, 3.63) is 59.2 Å². The minimum absolute atomic E-state index is 0.177. The van der Waals surface area contributed by atoms with Gasteiger partial charge in [-0.25, -0.2) is 9.18 Å². The van der Waals surface area contributed by atoms with Gasteiger partial charge in [0.05, 0.1) is 5.56 Å². The molecule has 0 saturated heterocycles. The van der Waals surface area contributed by atoms with Crippen molar-refractivity contribution in [1.29, 1.82) is 0 Å². The number of amides is 1. The second-order valence-electron chi connectivity index (χ2n) is 5.46. The summed E-state index contributed by atoms with van der Waals surface area (Å²) in [6.45, 7) is 2.14. The fourth-order valence-electron chi connectivity index (χ4n) is 2.25. The van der Waals surface area contributed by atoms with E-state index in [9.17, 15) is 14.0 Å². The van der Waals surface area contributed by atoms with Crippen LogP contribution in [0.15, 0.2) is 36.5 Å². The zero-order chi connectivity index (χ0) is 17.5. The van der Waals surface area contributed by atoms with Crippen LogP contribution in [-0.2, 0) is 6.42 Å². The zero-order valence-corrected chi connectivity index (χ0v) is 13.4. The number of nitrogens with zero attached hydrogens (tertiary/aromatic N) is 1. The Hall–Kier alpha value is -2.76. The predicted octanol–water partition coefficient (Wildman–Crippen LogP) is 3.90. The van der Waals surface area contributed by atoms with Crippen LogP contribution in [0.2, 0.25) is 0 Å². The largest absolute Gasteiger partial charge is 0.478 e. The number of hydrogen-bond acceptors (Lipinski definition) is 3. The van der Waals surface area contributed by atoms with E-state index in [1.807, 2.05) is 6.07 Å². The Labute approximate surface area is 139 Å². The van der Waals surface area contributed by atoms with E-state index in [0.717, 1.165) is 43.4 Å². The number of aromatic carboxylic acids is 1. The van der Waals surface area contributed by atoms with Crippen LogP contribution in [0.1, 0.15) is 52.6 Å². The van der Waals surface area contributed by atoms with E-state index in [1.54, 1.807) is 12.3 Å². The maximum absolute atomic E-state index is 13.6. The molecule has 126 valence electrons. The maximum Gasteiger partial charge on any atom is 0.338 e. The molecule has 0 atom stereocenters. The van der Waals surface area contributed by atoms with Crippen LogP contribution >= 0.6 is 0 Å². The van der Waals surface area contributed by atoms with Gasteiger partial charge in [-0.05, 0) is 42.7 Å². The van der Waals surface area contributed by atoms with Crippen LogP contribution in [0, 0.1) is 5.82 Å². The molecule has 1 heterocycles. The van der Waals surface area contributed by atoms with E-state index < -0.39 is 23.3 Å². The zero-order valence-electron chi connectivity index (χ0n) is 13.4. The highest BCUT2D eigenvalue weighted by Crippen LogP contribution is 2.15. The summed E-state index contributed by atoms with van der Waals surface area (Å²) in [4.78, 5) is 27.0. The Balaban J connectivity index is 2.01. The second-order valence-corrected chi connectivity index (χ2v) is 5.46. The summed E-state index contributed by atoms with van der Waals surface area (Å²) in [6.07, 6.45) is 5.97. The van der Waals surface area contributed by atoms with Gasteiger partial charge in [-0.2, -0.15) is 0 Å². The Kier molecular flexibility index (Phi) is 6.01. The van der Waals surface area contributed by atoms with Crippen LogP contribution in [0.3, 0.4) is 0 Å². The van der Waals surface area contributed by atoms with E-state index in [2.05, 4.69) is 17.2 Å². The molecule has 1 aromatic heterocycles. The Bertz CT molecular complexity index is 730. The molecule has 0 saturated carbocycles. The molecule has 24 heavy (non-hydrogen) atoms. The summed E-state index contributed by atoms with van der Waals surface area (Å²) in [5.74, 6) is -2.73. The molecule has 0 bridgehead atoms. The highest BCUT2D eigenvalue weighted by Gasteiger charge is 2.13. The SMILES string of the molecule is CCCCCc1ccc(C(=O)Nc2ccc(C(=O)O)c(F)c2)nc1. The van der Waals surface area contributed by atoms with Gasteiger partial charge in [0, 0.05) is 11.9 Å². The first-order valence-electron chi connectivity index (χ1n) is 7.80. The normalized spacial score (nSPS) is 10.4. The number of carboxylic acids is 1. The van der Waals surface area contributed by atoms with Gasteiger partial charge < -0.3 is 10.4 Å². The minimum atomic E-state index is -1.36. The summed E-state index contributed by atoms with van der Waals surface area (Å²) in [5.41, 5.74) is 1.02. The van der Waals surface area contributed by atoms with Gasteiger partial charge >= 0.3 is 5.97 Å². The highest BCUT2D eigenvalue weighted by atomic mass is 19.1. The third-order valence-corrected chi connectivity index (χ3v) is 3.58. The molecule has 5 nitrogen and oxygen atoms in total. The predicted molar refractivity (Wildman–Crippen MR) is 88.8 cm³/mol. The molecule has 0 aliphatic rings. The molecule has 6 heteroatoms. The molecule has 0 radical (unpaired) electrons. The molecule has 0 spiro atoms. The number of carbonyl (C=O) groups excluding carboxylic acids is 1. The third-order valence-electron chi connectivity index (χ3n) is 3.58. The van der Waals surface area contributed by atoms with E-state index >= 15 is 0 Å². The topological polar surface area (TPSA) is 79.3 Å². The first-order chi connectivity index (χ1) is 11.5. The van der Waals surface area contributed by atoms with Crippen molar-refractivity contribution in [2.45, 2.75) is 32.6 Å². The first-order valence-corrected chi connectivity index (χ1v) is 7.80. The minimum Gasteiger partial charge on any atom is -0.478 e. The number of pyridine rings is 1. The van der Waals surface area contributed by atoms with Crippen LogP contribution in [-0.4, -0.2) is 22.0 Å². The van der Waals surface area contributed by atoms with Crippen molar-refractivity contribution in [3.8, 4) is 0 Å². The fraction of sp³-hybridized carbons (Fsp3) is 0.278. The second kappa shape index (κ2) is 8.19. The molecule has 2 aromatic rings. The van der Waals surface area contributed by atoms with Crippen molar-refractivity contribution in [3.63, 3.8) is 0 Å². The molecule has 0 aliphatic carbocycles. The number of hydrogen-bond donors (Lipinski definition) is 2. The molecule has 2 rings (SSSR count). The molecule has 1 amide bonds. The van der Waals surface area contributed by atoms with Gasteiger partial charge in [0.1, 0.15) is 11.5 Å². The van der Waals surface area contributed by atoms with Crippen LogP contribution < -0.4 is 5.32 Å². The van der Waals surface area contributed by atoms with Crippen LogP contribution in [0.4, 0.5) is 10.1 Å². The Morgan fingerprint density at radius 2 is 2.00 bits per heavy atom. The number of nitrogens with one attached hydrogen (secondary N) is 1. The average Bonchev–Trinajstić information content (AvgIpc) is 2.55. The summed E-state index contributed by atoms with van der Waals surface area (Å²) < 4.78 is 13.6. The van der Waals surface area contributed by atoms with Gasteiger partial charge in [-0.3, -0.25) is 9.78 Å². The summed E-state index contributed by atoms with van der Waals surface area (Å²) in [6, 6.07) is 6.89. The average molecular weight is 330 g/mol. The summed E-state index contributed by atoms with van der Waals surface area (Å²) in [5, 5.41) is 11.3. The van der Waals surface area contributed by atoms with Crippen molar-refractivity contribution in [2.24, 2.45) is 0 Å². The molecular formula is C18H19FN2O3. The van der Waals surface area contributed by atoms with Gasteiger partial charge in [0.15, 0.2) is 0 Å². The van der Waals surface area contributed by atoms with Crippen LogP contribution in [0.5, 0.6) is 0 Å². The third kappa shape index (κ3) is 4.62. The lowest BCUT2D eigenvalue weighted by Crippen LogP contribution is -2.14. The molecule has 0 fully saturated rings. The number of benzene rings is 1. The van der Waals surface area contributed by atoms with E-state index in [1.165, 1.54) is 6.07 Å². The maximum atomic E-state index is 13.6. The molecule has 2 N–H and O–H groups in total. The van der Waals surface area contributed by atoms with Crippen molar-refractivity contribution in [2.75, 3.05) is 5.32 Å². The lowest BCUT2D eigenvalue weighted by molar-refractivity contribution is 0.0692. The Morgan fingerprint density at radius 1 is 1.21 bits per heavy atom. The highest BCUT2D eigenvalue weighted by molar-refractivity contribution is 6.03. The number of aromatic nitrogens is 1. The van der Waals surface area contributed by atoms with Gasteiger partial charge in [-0.15, -0.1) is 0 Å². The number of carbonyl (C=O) groups is 2. The van der Waals surface area contributed by atoms with E-state index in [4.69, 9.17) is 5.11 Å². The quantitative estimate of drug-likeness (QED) is 0.755. The van der Waals surface area contributed by atoms with E-state index in [0.29, 0.717) is 0 Å². The standard InChI is InChI=1S/C18H19FN2O3/c1-2-3-4-5-12-6-9-16(20-11-12)17(22)21-13-7-8-14(18(23)24)15(19)10-13/h6-11H,2-5H2,1H3,(H,21,22)(H,23,24). The number of rotatable bonds is 7. The van der Waals surface area contributed by atoms with Gasteiger partial charge in [-0.1, -0.05) is 25.8 Å². The van der Waals surface area contributed by atoms with Crippen molar-refractivity contribution >= 4 is 17.6 Å². The number of anilines is 1. The Morgan fingerprint density at radius 3 is 2.58 bits per heavy atom. The lowest BCUT2D eigenvalue weighted by Gasteiger charge is -2.07. The smallest absolute Gasteiger partial charge is 0.338 e. The first kappa shape index (κ1) is 17.6. The van der Waals surface area contributed by atoms with Crippen LogP contribution in [0.25, 0.3) is 0 Å². The number of unbranched alkanes of at least 4 members (excludes halogenated alkanes) is 2. The summed E-state index contributed by atoms with van der Waals surface area (Å²) >= 11 is 0. The van der Waals surface area contributed by atoms with E-state index in [-0.39, 0.29) is 11.4 Å². The summed E-state index contributed by atoms with van der Waals surface area (Å²) in [7, 11) is 0. The molecule has 1 aromatic carbocycles. The monoisotopic (exact) mass is 330 g/mol. The molecule has 0 aliphatic heterocycles. The molecular weight excluding hydrogens is 311 g/mol. The fourth-order valence-corrected chi connectivity index (χ4v) is 2.25. The number of aryl methyl sites for hydroxylation is 1. The van der Waals surface area contributed by atoms with Crippen molar-refractivity contribution < 1.29 is 19.1 Å².